The van der Waals surface area contributed by atoms with E-state index in [0.717, 1.165) is 19.3 Å². The van der Waals surface area contributed by atoms with E-state index in [9.17, 15) is 18.0 Å². The van der Waals surface area contributed by atoms with Crippen molar-refractivity contribution < 1.29 is 22.7 Å². The van der Waals surface area contributed by atoms with Gasteiger partial charge in [0, 0.05) is 17.1 Å². The number of esters is 1. The molecule has 6 nitrogen and oxygen atoms in total. The third-order valence-electron chi connectivity index (χ3n) is 4.59. The number of piperidine rings is 1. The van der Waals surface area contributed by atoms with Crippen molar-refractivity contribution in [2.75, 3.05) is 12.4 Å². The second-order valence-electron chi connectivity index (χ2n) is 6.61. The van der Waals surface area contributed by atoms with Gasteiger partial charge in [-0.25, -0.2) is 8.42 Å². The molecule has 0 spiro atoms. The topological polar surface area (TPSA) is 80.8 Å². The highest BCUT2D eigenvalue weighted by Gasteiger charge is 2.29. The van der Waals surface area contributed by atoms with E-state index in [-0.39, 0.29) is 41.7 Å². The minimum Gasteiger partial charge on any atom is -0.456 e. The number of hydrogen-bond donors (Lipinski definition) is 0. The van der Waals surface area contributed by atoms with Gasteiger partial charge in [0.1, 0.15) is 0 Å². The zero-order chi connectivity index (χ0) is 19.3. The Labute approximate surface area is 159 Å². The van der Waals surface area contributed by atoms with Gasteiger partial charge in [0.25, 0.3) is 5.91 Å². The summed E-state index contributed by atoms with van der Waals surface area (Å²) in [6.07, 6.45) is 2.64. The van der Waals surface area contributed by atoms with Crippen LogP contribution >= 0.6 is 11.6 Å². The van der Waals surface area contributed by atoms with E-state index in [1.165, 1.54) is 24.3 Å². The molecule has 0 radical (unpaired) electrons. The number of likely N-dealkylation sites (tertiary alicyclic amines) is 1. The zero-order valence-corrected chi connectivity index (χ0v) is 16.6. The normalized spacial score (nSPS) is 20.7. The van der Waals surface area contributed by atoms with Crippen molar-refractivity contribution in [3.63, 3.8) is 0 Å². The third-order valence-corrected chi connectivity index (χ3v) is 6.57. The van der Waals surface area contributed by atoms with E-state index in [0.29, 0.717) is 5.02 Å². The fourth-order valence-corrected chi connectivity index (χ4v) is 4.53. The van der Waals surface area contributed by atoms with Gasteiger partial charge in [-0.2, -0.15) is 0 Å². The lowest BCUT2D eigenvalue weighted by atomic mass is 9.97. The van der Waals surface area contributed by atoms with Crippen molar-refractivity contribution in [3.8, 4) is 0 Å². The van der Waals surface area contributed by atoms with Crippen LogP contribution in [0.25, 0.3) is 0 Å². The molecule has 0 bridgehead atoms. The van der Waals surface area contributed by atoms with Crippen LogP contribution in [0.3, 0.4) is 0 Å². The summed E-state index contributed by atoms with van der Waals surface area (Å²) in [6.45, 7) is 3.61. The van der Waals surface area contributed by atoms with Crippen molar-refractivity contribution in [3.05, 3.63) is 29.3 Å². The molecule has 2 rings (SSSR count). The Morgan fingerprint density at radius 2 is 1.73 bits per heavy atom. The summed E-state index contributed by atoms with van der Waals surface area (Å²) in [5, 5.41) is 0.433. The summed E-state index contributed by atoms with van der Waals surface area (Å²) in [4.78, 5) is 26.0. The fourth-order valence-electron chi connectivity index (χ4n) is 3.18. The van der Waals surface area contributed by atoms with Crippen LogP contribution in [-0.2, 0) is 24.2 Å². The average Bonchev–Trinajstić information content (AvgIpc) is 2.58. The maximum atomic E-state index is 12.3. The van der Waals surface area contributed by atoms with Gasteiger partial charge < -0.3 is 9.64 Å². The molecule has 0 aromatic heterocycles. The first kappa shape index (κ1) is 20.7. The van der Waals surface area contributed by atoms with Crippen molar-refractivity contribution in [2.24, 2.45) is 0 Å². The predicted octanol–water partition coefficient (Wildman–Crippen LogP) is 2.84. The Morgan fingerprint density at radius 1 is 1.15 bits per heavy atom. The molecule has 0 aliphatic carbocycles. The fraction of sp³-hybridized carbons (Fsp3) is 0.556. The molecule has 1 aliphatic rings. The molecule has 0 N–H and O–H groups in total. The van der Waals surface area contributed by atoms with Crippen LogP contribution < -0.4 is 0 Å². The summed E-state index contributed by atoms with van der Waals surface area (Å²) in [5.74, 6) is -1.31. The van der Waals surface area contributed by atoms with Crippen molar-refractivity contribution in [2.45, 2.75) is 56.5 Å². The molecule has 1 aliphatic heterocycles. The van der Waals surface area contributed by atoms with E-state index in [1.54, 1.807) is 4.90 Å². The van der Waals surface area contributed by atoms with E-state index >= 15 is 0 Å². The number of ether oxygens (including phenoxy) is 1. The number of hydrogen-bond acceptors (Lipinski definition) is 5. The molecule has 0 saturated carbocycles. The average molecular weight is 402 g/mol. The Hall–Kier alpha value is -1.60. The molecule has 26 heavy (non-hydrogen) atoms. The molecular formula is C18H24ClNO5S. The minimum absolute atomic E-state index is 0.0988. The number of rotatable bonds is 6. The molecule has 2 atom stereocenters. The minimum atomic E-state index is -3.60. The molecule has 1 aromatic rings. The summed E-state index contributed by atoms with van der Waals surface area (Å²) in [7, 11) is -3.60. The number of carbonyl (C=O) groups is 2. The number of sulfone groups is 1. The Balaban J connectivity index is 1.83. The van der Waals surface area contributed by atoms with Crippen molar-refractivity contribution in [1.29, 1.82) is 0 Å². The first-order valence-electron chi connectivity index (χ1n) is 8.66. The third kappa shape index (κ3) is 5.45. The first-order chi connectivity index (χ1) is 12.2. The zero-order valence-electron chi connectivity index (χ0n) is 15.0. The SMILES string of the molecule is C[C@H]1CCC[C@H](C)N1C(=O)COC(=O)CCS(=O)(=O)c1ccc(Cl)cc1. The quantitative estimate of drug-likeness (QED) is 0.684. The van der Waals surface area contributed by atoms with Gasteiger partial charge in [-0.3, -0.25) is 9.59 Å². The molecule has 8 heteroatoms. The maximum Gasteiger partial charge on any atom is 0.307 e. The second kappa shape index (κ2) is 8.86. The second-order valence-corrected chi connectivity index (χ2v) is 9.16. The van der Waals surface area contributed by atoms with Crippen LogP contribution in [0.1, 0.15) is 39.5 Å². The van der Waals surface area contributed by atoms with E-state index in [2.05, 4.69) is 0 Å². The van der Waals surface area contributed by atoms with Gasteiger partial charge >= 0.3 is 5.97 Å². The van der Waals surface area contributed by atoms with Gasteiger partial charge in [0.15, 0.2) is 16.4 Å². The molecule has 1 amide bonds. The highest BCUT2D eigenvalue weighted by molar-refractivity contribution is 7.91. The van der Waals surface area contributed by atoms with Crippen LogP contribution in [-0.4, -0.2) is 49.6 Å². The monoisotopic (exact) mass is 401 g/mol. The molecule has 1 heterocycles. The molecular weight excluding hydrogens is 378 g/mol. The van der Waals surface area contributed by atoms with Gasteiger partial charge in [-0.15, -0.1) is 0 Å². The number of amides is 1. The van der Waals surface area contributed by atoms with Crippen LogP contribution in [0.5, 0.6) is 0 Å². The van der Waals surface area contributed by atoms with Crippen molar-refractivity contribution in [1.82, 2.24) is 4.90 Å². The van der Waals surface area contributed by atoms with Crippen LogP contribution in [0.15, 0.2) is 29.2 Å². The largest absolute Gasteiger partial charge is 0.456 e. The Kier molecular flexibility index (Phi) is 7.06. The van der Waals surface area contributed by atoms with Gasteiger partial charge in [-0.1, -0.05) is 11.6 Å². The predicted molar refractivity (Wildman–Crippen MR) is 98.7 cm³/mol. The first-order valence-corrected chi connectivity index (χ1v) is 10.7. The smallest absolute Gasteiger partial charge is 0.307 e. The lowest BCUT2D eigenvalue weighted by molar-refractivity contribution is -0.154. The number of benzene rings is 1. The lowest BCUT2D eigenvalue weighted by Crippen LogP contribution is -2.49. The highest BCUT2D eigenvalue weighted by atomic mass is 35.5. The van der Waals surface area contributed by atoms with Gasteiger partial charge in [-0.05, 0) is 57.4 Å². The number of carbonyl (C=O) groups excluding carboxylic acids is 2. The van der Waals surface area contributed by atoms with Gasteiger partial charge in [0.2, 0.25) is 0 Å². The molecule has 1 saturated heterocycles. The van der Waals surface area contributed by atoms with E-state index in [4.69, 9.17) is 16.3 Å². The summed E-state index contributed by atoms with van der Waals surface area (Å²) >= 11 is 5.74. The number of halogens is 1. The van der Waals surface area contributed by atoms with E-state index in [1.807, 2.05) is 13.8 Å². The highest BCUT2D eigenvalue weighted by Crippen LogP contribution is 2.22. The Bertz CT molecular complexity index is 737. The number of nitrogens with zero attached hydrogens (tertiary/aromatic N) is 1. The lowest BCUT2D eigenvalue weighted by Gasteiger charge is -2.38. The molecule has 1 fully saturated rings. The summed E-state index contributed by atoms with van der Waals surface area (Å²) in [5.41, 5.74) is 0. The van der Waals surface area contributed by atoms with Gasteiger partial charge in [0.05, 0.1) is 17.1 Å². The summed E-state index contributed by atoms with van der Waals surface area (Å²) < 4.78 is 29.4. The van der Waals surface area contributed by atoms with Crippen LogP contribution in [0.2, 0.25) is 5.02 Å². The van der Waals surface area contributed by atoms with Crippen LogP contribution in [0.4, 0.5) is 0 Å². The standard InChI is InChI=1S/C18H24ClNO5S/c1-13-4-3-5-14(2)20(13)17(21)12-25-18(22)10-11-26(23,24)16-8-6-15(19)7-9-16/h6-9,13-14H,3-5,10-12H2,1-2H3/t13-,14-/m0/s1. The van der Waals surface area contributed by atoms with Crippen LogP contribution in [0, 0.1) is 0 Å². The molecule has 144 valence electrons. The molecule has 0 unspecified atom stereocenters. The van der Waals surface area contributed by atoms with E-state index < -0.39 is 15.8 Å². The summed E-state index contributed by atoms with van der Waals surface area (Å²) in [6, 6.07) is 5.99. The molecule has 1 aromatic carbocycles. The Morgan fingerprint density at radius 3 is 2.31 bits per heavy atom. The van der Waals surface area contributed by atoms with Crippen molar-refractivity contribution >= 4 is 33.3 Å². The maximum absolute atomic E-state index is 12.3.